The normalized spacial score (nSPS) is 10.0. The molecular weight excluding hydrogens is 326 g/mol. The number of aromatic nitrogens is 1. The largest absolute Gasteiger partial charge is 0.493 e. The van der Waals surface area contributed by atoms with E-state index in [-0.39, 0.29) is 0 Å². The van der Waals surface area contributed by atoms with Gasteiger partial charge in [-0.15, -0.1) is 0 Å². The third-order valence-electron chi connectivity index (χ3n) is 3.85. The molecule has 0 saturated heterocycles. The van der Waals surface area contributed by atoms with Crippen molar-refractivity contribution in [1.82, 2.24) is 4.98 Å². The summed E-state index contributed by atoms with van der Waals surface area (Å²) in [5, 5.41) is 12.3. The van der Waals surface area contributed by atoms with Gasteiger partial charge in [0.25, 0.3) is 0 Å². The first-order chi connectivity index (χ1) is 12.8. The van der Waals surface area contributed by atoms with Gasteiger partial charge < -0.3 is 14.8 Å². The monoisotopic (exact) mass is 345 g/mol. The fourth-order valence-corrected chi connectivity index (χ4v) is 2.50. The maximum absolute atomic E-state index is 9.12. The van der Waals surface area contributed by atoms with Crippen molar-refractivity contribution in [2.45, 2.75) is 13.2 Å². The maximum atomic E-state index is 9.12. The molecule has 0 fully saturated rings. The van der Waals surface area contributed by atoms with Gasteiger partial charge in [0, 0.05) is 12.7 Å². The van der Waals surface area contributed by atoms with E-state index < -0.39 is 0 Å². The molecule has 5 nitrogen and oxygen atoms in total. The molecule has 0 amide bonds. The lowest BCUT2D eigenvalue weighted by molar-refractivity contribution is 0.284. The lowest BCUT2D eigenvalue weighted by Crippen LogP contribution is -2.04. The van der Waals surface area contributed by atoms with Gasteiger partial charge in [0.05, 0.1) is 12.7 Å². The summed E-state index contributed by atoms with van der Waals surface area (Å²) in [7, 11) is 1.62. The SMILES string of the molecule is COc1cc(CNc2ncccc2C#N)ccc1OCc1ccccc1. The standard InChI is InChI=1S/C21H19N3O2/c1-25-20-12-17(14-24-21-18(13-22)8-5-11-23-21)9-10-19(20)26-15-16-6-3-2-4-7-16/h2-12H,14-15H2,1H3,(H,23,24). The van der Waals surface area contributed by atoms with E-state index in [1.807, 2.05) is 48.5 Å². The molecule has 0 aliphatic rings. The predicted octanol–water partition coefficient (Wildman–Crippen LogP) is 4.15. The van der Waals surface area contributed by atoms with E-state index in [0.29, 0.717) is 36.0 Å². The molecule has 0 radical (unpaired) electrons. The molecule has 1 aromatic heterocycles. The second-order valence-electron chi connectivity index (χ2n) is 5.62. The van der Waals surface area contributed by atoms with Crippen molar-refractivity contribution in [2.75, 3.05) is 12.4 Å². The van der Waals surface area contributed by atoms with Crippen LogP contribution in [-0.4, -0.2) is 12.1 Å². The van der Waals surface area contributed by atoms with Gasteiger partial charge in [-0.2, -0.15) is 5.26 Å². The van der Waals surface area contributed by atoms with Crippen LogP contribution in [-0.2, 0) is 13.2 Å². The molecule has 0 spiro atoms. The Morgan fingerprint density at radius 3 is 2.62 bits per heavy atom. The van der Waals surface area contributed by atoms with E-state index in [2.05, 4.69) is 16.4 Å². The Morgan fingerprint density at radius 1 is 1.00 bits per heavy atom. The van der Waals surface area contributed by atoms with Gasteiger partial charge >= 0.3 is 0 Å². The Morgan fingerprint density at radius 2 is 1.85 bits per heavy atom. The van der Waals surface area contributed by atoms with Crippen LogP contribution in [0.5, 0.6) is 11.5 Å². The minimum absolute atomic E-state index is 0.480. The summed E-state index contributed by atoms with van der Waals surface area (Å²) in [5.41, 5.74) is 2.62. The zero-order chi connectivity index (χ0) is 18.2. The molecule has 3 rings (SSSR count). The number of anilines is 1. The van der Waals surface area contributed by atoms with E-state index in [1.54, 1.807) is 25.4 Å². The number of pyridine rings is 1. The molecule has 26 heavy (non-hydrogen) atoms. The first kappa shape index (κ1) is 17.3. The van der Waals surface area contributed by atoms with E-state index >= 15 is 0 Å². The van der Waals surface area contributed by atoms with Crippen molar-refractivity contribution < 1.29 is 9.47 Å². The van der Waals surface area contributed by atoms with Crippen LogP contribution >= 0.6 is 0 Å². The van der Waals surface area contributed by atoms with Crippen molar-refractivity contribution in [3.63, 3.8) is 0 Å². The molecule has 0 atom stereocenters. The van der Waals surface area contributed by atoms with E-state index in [0.717, 1.165) is 11.1 Å². The molecule has 0 aliphatic carbocycles. The number of nitriles is 1. The zero-order valence-corrected chi connectivity index (χ0v) is 14.5. The van der Waals surface area contributed by atoms with E-state index in [9.17, 15) is 0 Å². The average molecular weight is 345 g/mol. The number of methoxy groups -OCH3 is 1. The minimum atomic E-state index is 0.480. The minimum Gasteiger partial charge on any atom is -0.493 e. The van der Waals surface area contributed by atoms with Crippen LogP contribution in [0.15, 0.2) is 66.9 Å². The van der Waals surface area contributed by atoms with Crippen LogP contribution in [0.4, 0.5) is 5.82 Å². The van der Waals surface area contributed by atoms with E-state index in [1.165, 1.54) is 0 Å². The molecule has 130 valence electrons. The highest BCUT2D eigenvalue weighted by atomic mass is 16.5. The second-order valence-corrected chi connectivity index (χ2v) is 5.62. The van der Waals surface area contributed by atoms with Crippen LogP contribution in [0, 0.1) is 11.3 Å². The van der Waals surface area contributed by atoms with Gasteiger partial charge in [0.2, 0.25) is 0 Å². The molecule has 0 unspecified atom stereocenters. The molecule has 1 heterocycles. The predicted molar refractivity (Wildman–Crippen MR) is 100 cm³/mol. The van der Waals surface area contributed by atoms with Gasteiger partial charge in [0.15, 0.2) is 11.5 Å². The van der Waals surface area contributed by atoms with Gasteiger partial charge in [-0.1, -0.05) is 36.4 Å². The van der Waals surface area contributed by atoms with Crippen LogP contribution in [0.3, 0.4) is 0 Å². The maximum Gasteiger partial charge on any atom is 0.161 e. The number of nitrogens with zero attached hydrogens (tertiary/aromatic N) is 2. The van der Waals surface area contributed by atoms with Gasteiger partial charge in [-0.25, -0.2) is 4.98 Å². The van der Waals surface area contributed by atoms with Crippen molar-refractivity contribution in [3.8, 4) is 17.6 Å². The van der Waals surface area contributed by atoms with Crippen LogP contribution in [0.2, 0.25) is 0 Å². The highest BCUT2D eigenvalue weighted by Crippen LogP contribution is 2.29. The number of rotatable bonds is 7. The van der Waals surface area contributed by atoms with Crippen molar-refractivity contribution in [1.29, 1.82) is 5.26 Å². The van der Waals surface area contributed by atoms with Crippen molar-refractivity contribution in [2.24, 2.45) is 0 Å². The van der Waals surface area contributed by atoms with Gasteiger partial charge in [-0.3, -0.25) is 0 Å². The first-order valence-electron chi connectivity index (χ1n) is 8.23. The molecule has 5 heteroatoms. The van der Waals surface area contributed by atoms with Crippen LogP contribution < -0.4 is 14.8 Å². The molecule has 2 aromatic carbocycles. The summed E-state index contributed by atoms with van der Waals surface area (Å²) in [6.45, 7) is 1.01. The molecule has 0 aliphatic heterocycles. The van der Waals surface area contributed by atoms with Gasteiger partial charge in [-0.05, 0) is 35.4 Å². The Kier molecular flexibility index (Phi) is 5.69. The smallest absolute Gasteiger partial charge is 0.161 e. The molecular formula is C21H19N3O2. The summed E-state index contributed by atoms with van der Waals surface area (Å²) in [4.78, 5) is 4.20. The molecule has 0 saturated carbocycles. The van der Waals surface area contributed by atoms with E-state index in [4.69, 9.17) is 14.7 Å². The third kappa shape index (κ3) is 4.31. The Hall–Kier alpha value is -3.52. The van der Waals surface area contributed by atoms with Crippen LogP contribution in [0.25, 0.3) is 0 Å². The Labute approximate surface area is 152 Å². The summed E-state index contributed by atoms with van der Waals surface area (Å²) < 4.78 is 11.3. The quantitative estimate of drug-likeness (QED) is 0.697. The highest BCUT2D eigenvalue weighted by Gasteiger charge is 2.08. The number of ether oxygens (including phenoxy) is 2. The van der Waals surface area contributed by atoms with Crippen molar-refractivity contribution in [3.05, 3.63) is 83.6 Å². The fraction of sp³-hybridized carbons (Fsp3) is 0.143. The first-order valence-corrected chi connectivity index (χ1v) is 8.23. The Balaban J connectivity index is 1.67. The summed E-state index contributed by atoms with van der Waals surface area (Å²) in [6, 6.07) is 21.4. The second kappa shape index (κ2) is 8.54. The third-order valence-corrected chi connectivity index (χ3v) is 3.85. The summed E-state index contributed by atoms with van der Waals surface area (Å²) in [5.74, 6) is 1.93. The van der Waals surface area contributed by atoms with Gasteiger partial charge in [0.1, 0.15) is 18.5 Å². The number of nitrogens with one attached hydrogen (secondary N) is 1. The van der Waals surface area contributed by atoms with Crippen molar-refractivity contribution >= 4 is 5.82 Å². The number of hydrogen-bond acceptors (Lipinski definition) is 5. The fourth-order valence-electron chi connectivity index (χ4n) is 2.50. The number of benzene rings is 2. The topological polar surface area (TPSA) is 67.2 Å². The lowest BCUT2D eigenvalue weighted by Gasteiger charge is -2.13. The Bertz CT molecular complexity index is 905. The van der Waals surface area contributed by atoms with Crippen LogP contribution in [0.1, 0.15) is 16.7 Å². The molecule has 3 aromatic rings. The molecule has 0 bridgehead atoms. The molecule has 1 N–H and O–H groups in total. The number of hydrogen-bond donors (Lipinski definition) is 1. The highest BCUT2D eigenvalue weighted by molar-refractivity contribution is 5.52. The average Bonchev–Trinajstić information content (AvgIpc) is 2.71. The zero-order valence-electron chi connectivity index (χ0n) is 14.5. The summed E-state index contributed by atoms with van der Waals surface area (Å²) >= 11 is 0. The lowest BCUT2D eigenvalue weighted by atomic mass is 10.2. The summed E-state index contributed by atoms with van der Waals surface area (Å²) in [6.07, 6.45) is 1.66.